The van der Waals surface area contributed by atoms with Crippen LogP contribution in [0.25, 0.3) is 0 Å². The molecule has 3 N–H and O–H groups in total. The SMILES string of the molecule is Nc1ccnc(Cn2[nH]c(=O)ccc2=O)c1. The van der Waals surface area contributed by atoms with Crippen molar-refractivity contribution >= 4 is 5.69 Å². The number of nitrogen functional groups attached to an aromatic ring is 1. The van der Waals surface area contributed by atoms with Gasteiger partial charge in [0.2, 0.25) is 0 Å². The number of nitrogens with one attached hydrogen (secondary N) is 1. The number of pyridine rings is 1. The lowest BCUT2D eigenvalue weighted by Crippen LogP contribution is -2.28. The fourth-order valence-electron chi connectivity index (χ4n) is 1.33. The summed E-state index contributed by atoms with van der Waals surface area (Å²) in [5.74, 6) is 0. The zero-order chi connectivity index (χ0) is 11.5. The molecule has 0 aliphatic rings. The van der Waals surface area contributed by atoms with Crippen molar-refractivity contribution in [3.05, 3.63) is 56.9 Å². The zero-order valence-corrected chi connectivity index (χ0v) is 8.38. The largest absolute Gasteiger partial charge is 0.399 e. The van der Waals surface area contributed by atoms with Crippen molar-refractivity contribution < 1.29 is 0 Å². The molecule has 2 aromatic rings. The minimum absolute atomic E-state index is 0.194. The summed E-state index contributed by atoms with van der Waals surface area (Å²) < 4.78 is 1.18. The average Bonchev–Trinajstić information content (AvgIpc) is 2.24. The van der Waals surface area contributed by atoms with Gasteiger partial charge in [0.1, 0.15) is 0 Å². The van der Waals surface area contributed by atoms with Crippen LogP contribution >= 0.6 is 0 Å². The molecule has 82 valence electrons. The summed E-state index contributed by atoms with van der Waals surface area (Å²) >= 11 is 0. The fourth-order valence-corrected chi connectivity index (χ4v) is 1.33. The van der Waals surface area contributed by atoms with Crippen molar-refractivity contribution in [2.75, 3.05) is 5.73 Å². The maximum atomic E-state index is 11.4. The van der Waals surface area contributed by atoms with E-state index in [0.29, 0.717) is 11.4 Å². The molecule has 16 heavy (non-hydrogen) atoms. The second kappa shape index (κ2) is 4.01. The number of nitrogens with zero attached hydrogens (tertiary/aromatic N) is 2. The van der Waals surface area contributed by atoms with E-state index in [9.17, 15) is 9.59 Å². The van der Waals surface area contributed by atoms with Gasteiger partial charge in [0, 0.05) is 24.0 Å². The van der Waals surface area contributed by atoms with E-state index in [-0.39, 0.29) is 17.7 Å². The van der Waals surface area contributed by atoms with Gasteiger partial charge in [-0.25, -0.2) is 4.68 Å². The Balaban J connectivity index is 2.37. The Morgan fingerprint density at radius 1 is 1.31 bits per heavy atom. The molecule has 0 amide bonds. The molecule has 6 nitrogen and oxygen atoms in total. The summed E-state index contributed by atoms with van der Waals surface area (Å²) in [4.78, 5) is 26.5. The molecule has 0 spiro atoms. The van der Waals surface area contributed by atoms with Gasteiger partial charge in [0.15, 0.2) is 0 Å². The minimum atomic E-state index is -0.330. The van der Waals surface area contributed by atoms with Gasteiger partial charge in [-0.15, -0.1) is 0 Å². The first-order valence-corrected chi connectivity index (χ1v) is 4.66. The molecule has 0 fully saturated rings. The smallest absolute Gasteiger partial charge is 0.265 e. The van der Waals surface area contributed by atoms with Gasteiger partial charge in [-0.3, -0.25) is 19.7 Å². The second-order valence-corrected chi connectivity index (χ2v) is 3.31. The summed E-state index contributed by atoms with van der Waals surface area (Å²) in [6.07, 6.45) is 1.55. The van der Waals surface area contributed by atoms with Gasteiger partial charge in [-0.05, 0) is 12.1 Å². The molecule has 0 saturated heterocycles. The minimum Gasteiger partial charge on any atom is -0.399 e. The van der Waals surface area contributed by atoms with Crippen LogP contribution in [-0.2, 0) is 6.54 Å². The molecule has 0 radical (unpaired) electrons. The highest BCUT2D eigenvalue weighted by Crippen LogP contribution is 2.02. The van der Waals surface area contributed by atoms with E-state index < -0.39 is 0 Å². The van der Waals surface area contributed by atoms with Crippen molar-refractivity contribution in [3.63, 3.8) is 0 Å². The lowest BCUT2D eigenvalue weighted by atomic mass is 10.3. The summed E-state index contributed by atoms with van der Waals surface area (Å²) in [7, 11) is 0. The van der Waals surface area contributed by atoms with E-state index in [0.717, 1.165) is 0 Å². The molecular weight excluding hydrogens is 208 g/mol. The molecule has 0 saturated carbocycles. The Kier molecular flexibility index (Phi) is 2.55. The van der Waals surface area contributed by atoms with Crippen molar-refractivity contribution in [1.82, 2.24) is 14.8 Å². The lowest BCUT2D eigenvalue weighted by Gasteiger charge is -2.04. The predicted molar refractivity (Wildman–Crippen MR) is 59.1 cm³/mol. The van der Waals surface area contributed by atoms with E-state index in [4.69, 9.17) is 5.73 Å². The van der Waals surface area contributed by atoms with Gasteiger partial charge < -0.3 is 5.73 Å². The normalized spacial score (nSPS) is 10.2. The van der Waals surface area contributed by atoms with Crippen LogP contribution in [0.3, 0.4) is 0 Å². The van der Waals surface area contributed by atoms with Crippen LogP contribution < -0.4 is 16.9 Å². The van der Waals surface area contributed by atoms with Crippen molar-refractivity contribution in [3.8, 4) is 0 Å². The number of hydrogen-bond donors (Lipinski definition) is 2. The Morgan fingerprint density at radius 2 is 2.12 bits per heavy atom. The first kappa shape index (κ1) is 10.2. The Labute approximate surface area is 90.4 Å². The maximum absolute atomic E-state index is 11.4. The molecule has 6 heteroatoms. The highest BCUT2D eigenvalue weighted by atomic mass is 16.1. The van der Waals surface area contributed by atoms with E-state index in [1.54, 1.807) is 18.3 Å². The number of H-pyrrole nitrogens is 1. The van der Waals surface area contributed by atoms with Gasteiger partial charge in [-0.1, -0.05) is 0 Å². The second-order valence-electron chi connectivity index (χ2n) is 3.31. The monoisotopic (exact) mass is 218 g/mol. The molecule has 0 aliphatic heterocycles. The van der Waals surface area contributed by atoms with Gasteiger partial charge in [0.05, 0.1) is 12.2 Å². The molecule has 2 rings (SSSR count). The fraction of sp³-hybridized carbons (Fsp3) is 0.100. The summed E-state index contributed by atoms with van der Waals surface area (Å²) in [6, 6.07) is 5.70. The van der Waals surface area contributed by atoms with E-state index in [2.05, 4.69) is 10.1 Å². The highest BCUT2D eigenvalue weighted by Gasteiger charge is 2.00. The van der Waals surface area contributed by atoms with Crippen LogP contribution in [0.4, 0.5) is 5.69 Å². The summed E-state index contributed by atoms with van der Waals surface area (Å²) in [6.45, 7) is 0.194. The lowest BCUT2D eigenvalue weighted by molar-refractivity contribution is 0.617. The summed E-state index contributed by atoms with van der Waals surface area (Å²) in [5, 5.41) is 2.41. The third-order valence-corrected chi connectivity index (χ3v) is 2.05. The number of anilines is 1. The predicted octanol–water partition coefficient (Wildman–Crippen LogP) is -0.438. The molecule has 2 heterocycles. The molecular formula is C10H10N4O2. The highest BCUT2D eigenvalue weighted by molar-refractivity contribution is 5.37. The van der Waals surface area contributed by atoms with E-state index in [1.807, 2.05) is 0 Å². The topological polar surface area (TPSA) is 93.8 Å². The van der Waals surface area contributed by atoms with Gasteiger partial charge >= 0.3 is 0 Å². The van der Waals surface area contributed by atoms with Crippen LogP contribution in [-0.4, -0.2) is 14.8 Å². The van der Waals surface area contributed by atoms with E-state index >= 15 is 0 Å². The van der Waals surface area contributed by atoms with Crippen LogP contribution in [0.15, 0.2) is 40.1 Å². The van der Waals surface area contributed by atoms with Crippen molar-refractivity contribution in [2.24, 2.45) is 0 Å². The van der Waals surface area contributed by atoms with Crippen molar-refractivity contribution in [1.29, 1.82) is 0 Å². The van der Waals surface area contributed by atoms with Crippen LogP contribution in [0, 0.1) is 0 Å². The molecule has 0 atom stereocenters. The van der Waals surface area contributed by atoms with Crippen LogP contribution in [0.1, 0.15) is 5.69 Å². The third-order valence-electron chi connectivity index (χ3n) is 2.05. The maximum Gasteiger partial charge on any atom is 0.265 e. The Bertz CT molecular complexity index is 614. The molecule has 0 unspecified atom stereocenters. The molecule has 0 bridgehead atoms. The van der Waals surface area contributed by atoms with Crippen molar-refractivity contribution in [2.45, 2.75) is 6.54 Å². The number of nitrogens with two attached hydrogens (primary N) is 1. The standard InChI is InChI=1S/C10H10N4O2/c11-7-3-4-12-8(5-7)6-14-10(16)2-1-9(15)13-14/h1-5H,6H2,(H2,11,12)(H,13,15). The van der Waals surface area contributed by atoms with Crippen LogP contribution in [0.2, 0.25) is 0 Å². The summed E-state index contributed by atoms with van der Waals surface area (Å²) in [5.41, 5.74) is 6.14. The van der Waals surface area contributed by atoms with Crippen LogP contribution in [0.5, 0.6) is 0 Å². The van der Waals surface area contributed by atoms with E-state index in [1.165, 1.54) is 16.8 Å². The molecule has 2 aromatic heterocycles. The molecule has 0 aromatic carbocycles. The molecule has 0 aliphatic carbocycles. The quantitative estimate of drug-likeness (QED) is 0.714. The third kappa shape index (κ3) is 2.17. The average molecular weight is 218 g/mol. The number of aromatic amines is 1. The zero-order valence-electron chi connectivity index (χ0n) is 8.38. The number of aromatic nitrogens is 3. The number of hydrogen-bond acceptors (Lipinski definition) is 4. The Hall–Kier alpha value is -2.37. The first-order valence-electron chi connectivity index (χ1n) is 4.66. The Morgan fingerprint density at radius 3 is 2.88 bits per heavy atom. The van der Waals surface area contributed by atoms with Gasteiger partial charge in [0.25, 0.3) is 11.1 Å². The first-order chi connectivity index (χ1) is 7.65. The van der Waals surface area contributed by atoms with Gasteiger partial charge in [-0.2, -0.15) is 0 Å². The number of rotatable bonds is 2.